The van der Waals surface area contributed by atoms with Crippen LogP contribution >= 0.6 is 0 Å². The summed E-state index contributed by atoms with van der Waals surface area (Å²) in [6.45, 7) is 16.6. The third-order valence-electron chi connectivity index (χ3n) is 6.26. The molecule has 1 unspecified atom stereocenters. The molecule has 0 aliphatic heterocycles. The third-order valence-corrected chi connectivity index (χ3v) is 6.26. The zero-order chi connectivity index (χ0) is 22.5. The summed E-state index contributed by atoms with van der Waals surface area (Å²) in [7, 11) is 0. The molecular weight excluding hydrogens is 374 g/mol. The van der Waals surface area contributed by atoms with Gasteiger partial charge in [-0.2, -0.15) is 0 Å². The number of allylic oxidation sites excluding steroid dienone is 1. The molecule has 0 bridgehead atoms. The van der Waals surface area contributed by atoms with Gasteiger partial charge in [-0.25, -0.2) is 0 Å². The van der Waals surface area contributed by atoms with Gasteiger partial charge in [0.1, 0.15) is 0 Å². The fourth-order valence-electron chi connectivity index (χ4n) is 4.25. The maximum atomic E-state index is 5.65. The van der Waals surface area contributed by atoms with Crippen molar-refractivity contribution in [3.63, 3.8) is 0 Å². The molecule has 0 radical (unpaired) electrons. The van der Waals surface area contributed by atoms with Gasteiger partial charge in [0.2, 0.25) is 0 Å². The first-order valence-corrected chi connectivity index (χ1v) is 11.4. The van der Waals surface area contributed by atoms with Gasteiger partial charge in [0, 0.05) is 23.5 Å². The van der Waals surface area contributed by atoms with Crippen LogP contribution in [0, 0.1) is 31.1 Å². The van der Waals surface area contributed by atoms with Crippen molar-refractivity contribution in [3.05, 3.63) is 89.1 Å². The van der Waals surface area contributed by atoms with Crippen molar-refractivity contribution < 1.29 is 0 Å². The number of aryl methyl sites for hydroxylation is 1. The van der Waals surface area contributed by atoms with E-state index in [1.807, 2.05) is 6.07 Å². The van der Waals surface area contributed by atoms with E-state index in [0.29, 0.717) is 11.8 Å². The Labute approximate surface area is 188 Å². The molecule has 0 heterocycles. The van der Waals surface area contributed by atoms with Crippen molar-refractivity contribution in [2.24, 2.45) is 11.8 Å². The zero-order valence-corrected chi connectivity index (χ0v) is 19.7. The number of hydrogen-bond donors (Lipinski definition) is 0. The summed E-state index contributed by atoms with van der Waals surface area (Å²) in [6.07, 6.45) is 7.77. The molecule has 0 fully saturated rings. The van der Waals surface area contributed by atoms with E-state index in [1.54, 1.807) is 0 Å². The van der Waals surface area contributed by atoms with Gasteiger partial charge in [-0.15, -0.1) is 6.42 Å². The molecule has 1 atom stereocenters. The molecular formula is C30H35N. The van der Waals surface area contributed by atoms with E-state index in [-0.39, 0.29) is 0 Å². The summed E-state index contributed by atoms with van der Waals surface area (Å²) >= 11 is 0. The predicted molar refractivity (Wildman–Crippen MR) is 136 cm³/mol. The lowest BCUT2D eigenvalue weighted by atomic mass is 9.92. The van der Waals surface area contributed by atoms with Gasteiger partial charge in [0.15, 0.2) is 0 Å². The lowest BCUT2D eigenvalue weighted by molar-refractivity contribution is 0.617. The van der Waals surface area contributed by atoms with Crippen LogP contribution in [0.4, 0.5) is 5.69 Å². The number of terminal acetylenes is 1. The average Bonchev–Trinajstić information content (AvgIpc) is 2.77. The number of benzene rings is 3. The highest BCUT2D eigenvalue weighted by Gasteiger charge is 2.20. The summed E-state index contributed by atoms with van der Waals surface area (Å²) in [5.74, 6) is 3.76. The van der Waals surface area contributed by atoms with E-state index in [0.717, 1.165) is 30.6 Å². The van der Waals surface area contributed by atoms with Crippen molar-refractivity contribution >= 4 is 16.5 Å². The Morgan fingerprint density at radius 1 is 1.06 bits per heavy atom. The smallest absolute Gasteiger partial charge is 0.0487 e. The number of fused-ring (bicyclic) bond motifs is 1. The molecule has 0 saturated carbocycles. The topological polar surface area (TPSA) is 3.24 Å². The van der Waals surface area contributed by atoms with Gasteiger partial charge in [-0.05, 0) is 77.3 Å². The summed E-state index contributed by atoms with van der Waals surface area (Å²) in [5.41, 5.74) is 7.27. The Morgan fingerprint density at radius 2 is 1.81 bits per heavy atom. The quantitative estimate of drug-likeness (QED) is 0.342. The highest BCUT2D eigenvalue weighted by molar-refractivity contribution is 5.87. The van der Waals surface area contributed by atoms with Crippen LogP contribution in [0.1, 0.15) is 56.4 Å². The Morgan fingerprint density at radius 3 is 2.45 bits per heavy atom. The lowest BCUT2D eigenvalue weighted by Crippen LogP contribution is -2.26. The monoisotopic (exact) mass is 409 g/mol. The molecule has 3 aromatic rings. The SMILES string of the molecule is C#Cc1ccc(N(Cc2c(CC(C)C)ccc3ccccc23)C(=C)C(C)CC)c(C)c1. The van der Waals surface area contributed by atoms with Crippen LogP contribution in [0.25, 0.3) is 10.8 Å². The second-order valence-electron chi connectivity index (χ2n) is 9.05. The number of rotatable bonds is 8. The van der Waals surface area contributed by atoms with Gasteiger partial charge < -0.3 is 4.90 Å². The minimum Gasteiger partial charge on any atom is -0.341 e. The number of anilines is 1. The van der Waals surface area contributed by atoms with Crippen molar-refractivity contribution in [1.82, 2.24) is 0 Å². The van der Waals surface area contributed by atoms with Crippen molar-refractivity contribution in [3.8, 4) is 12.3 Å². The molecule has 0 aromatic heterocycles. The average molecular weight is 410 g/mol. The van der Waals surface area contributed by atoms with Gasteiger partial charge in [0.25, 0.3) is 0 Å². The molecule has 160 valence electrons. The Kier molecular flexibility index (Phi) is 7.24. The molecule has 0 aliphatic rings. The second kappa shape index (κ2) is 9.88. The van der Waals surface area contributed by atoms with Crippen LogP contribution in [0.3, 0.4) is 0 Å². The largest absolute Gasteiger partial charge is 0.341 e. The standard InChI is InChI=1S/C30H35N/c1-8-22(5)24(7)31(30-17-14-25(9-2)19-23(30)6)20-29-27(18-21(3)4)16-15-26-12-10-11-13-28(26)29/h2,10-17,19,21-22H,7-8,18,20H2,1,3-6H3. The summed E-state index contributed by atoms with van der Waals surface area (Å²) in [5, 5.41) is 2.62. The minimum absolute atomic E-state index is 0.398. The van der Waals surface area contributed by atoms with Crippen molar-refractivity contribution in [2.45, 2.75) is 54.0 Å². The first kappa shape index (κ1) is 22.7. The van der Waals surface area contributed by atoms with E-state index < -0.39 is 0 Å². The molecule has 3 aromatic carbocycles. The van der Waals surface area contributed by atoms with Gasteiger partial charge >= 0.3 is 0 Å². The van der Waals surface area contributed by atoms with Crippen LogP contribution in [0.2, 0.25) is 0 Å². The van der Waals surface area contributed by atoms with Crippen LogP contribution in [-0.4, -0.2) is 0 Å². The molecule has 0 aliphatic carbocycles. The first-order valence-electron chi connectivity index (χ1n) is 11.4. The maximum absolute atomic E-state index is 5.65. The molecule has 0 amide bonds. The summed E-state index contributed by atoms with van der Waals surface area (Å²) in [6, 6.07) is 19.6. The Balaban J connectivity index is 2.17. The highest BCUT2D eigenvalue weighted by atomic mass is 15.1. The first-order chi connectivity index (χ1) is 14.8. The number of hydrogen-bond acceptors (Lipinski definition) is 1. The second-order valence-corrected chi connectivity index (χ2v) is 9.05. The Hall–Kier alpha value is -2.98. The fourth-order valence-corrected chi connectivity index (χ4v) is 4.25. The minimum atomic E-state index is 0.398. The van der Waals surface area contributed by atoms with E-state index in [1.165, 1.54) is 33.2 Å². The highest BCUT2D eigenvalue weighted by Crippen LogP contribution is 2.33. The molecule has 1 heteroatoms. The van der Waals surface area contributed by atoms with E-state index in [9.17, 15) is 0 Å². The lowest BCUT2D eigenvalue weighted by Gasteiger charge is -2.33. The van der Waals surface area contributed by atoms with Crippen LogP contribution in [0.15, 0.2) is 66.9 Å². The van der Waals surface area contributed by atoms with Gasteiger partial charge in [0.05, 0.1) is 0 Å². The van der Waals surface area contributed by atoms with Gasteiger partial charge in [-0.1, -0.05) is 76.6 Å². The molecule has 0 saturated heterocycles. The molecule has 0 N–H and O–H groups in total. The molecule has 31 heavy (non-hydrogen) atoms. The van der Waals surface area contributed by atoms with E-state index in [4.69, 9.17) is 6.42 Å². The number of nitrogens with zero attached hydrogens (tertiary/aromatic N) is 1. The van der Waals surface area contributed by atoms with Crippen LogP contribution in [0.5, 0.6) is 0 Å². The van der Waals surface area contributed by atoms with Crippen molar-refractivity contribution in [2.75, 3.05) is 4.90 Å². The zero-order valence-electron chi connectivity index (χ0n) is 19.7. The van der Waals surface area contributed by atoms with Crippen LogP contribution in [-0.2, 0) is 13.0 Å². The van der Waals surface area contributed by atoms with Crippen molar-refractivity contribution in [1.29, 1.82) is 0 Å². The fraction of sp³-hybridized carbons (Fsp3) is 0.333. The molecule has 1 nitrogen and oxygen atoms in total. The van der Waals surface area contributed by atoms with E-state index >= 15 is 0 Å². The summed E-state index contributed by atoms with van der Waals surface area (Å²) in [4.78, 5) is 2.41. The van der Waals surface area contributed by atoms with Gasteiger partial charge in [-0.3, -0.25) is 0 Å². The molecule has 3 rings (SSSR count). The maximum Gasteiger partial charge on any atom is 0.0487 e. The Bertz CT molecular complexity index is 1110. The third kappa shape index (κ3) is 5.02. The normalized spacial score (nSPS) is 12.0. The summed E-state index contributed by atoms with van der Waals surface area (Å²) < 4.78 is 0. The molecule has 0 spiro atoms. The van der Waals surface area contributed by atoms with Crippen LogP contribution < -0.4 is 4.90 Å². The predicted octanol–water partition coefficient (Wildman–Crippen LogP) is 7.89. The van der Waals surface area contributed by atoms with E-state index in [2.05, 4.69) is 101 Å².